The smallest absolute Gasteiger partial charge is 0.0867 e. The van der Waals surface area contributed by atoms with Crippen LogP contribution in [0, 0.1) is 6.92 Å². The van der Waals surface area contributed by atoms with Gasteiger partial charge in [-0.2, -0.15) is 0 Å². The number of para-hydroxylation sites is 1. The second-order valence-corrected chi connectivity index (χ2v) is 5.89. The van der Waals surface area contributed by atoms with E-state index in [9.17, 15) is 0 Å². The van der Waals surface area contributed by atoms with Crippen LogP contribution in [0.3, 0.4) is 0 Å². The SMILES string of the molecule is Cc1cc(NCCCN(C)C)c2cccc(Br)c2n1. The van der Waals surface area contributed by atoms with Gasteiger partial charge in [-0.15, -0.1) is 0 Å². The highest BCUT2D eigenvalue weighted by Gasteiger charge is 2.06. The van der Waals surface area contributed by atoms with Gasteiger partial charge < -0.3 is 10.2 Å². The highest BCUT2D eigenvalue weighted by molar-refractivity contribution is 9.10. The minimum absolute atomic E-state index is 0.975. The van der Waals surface area contributed by atoms with Crippen LogP contribution in [0.15, 0.2) is 28.7 Å². The normalized spacial score (nSPS) is 11.2. The fraction of sp³-hybridized carbons (Fsp3) is 0.400. The van der Waals surface area contributed by atoms with Gasteiger partial charge in [0.1, 0.15) is 0 Å². The zero-order chi connectivity index (χ0) is 13.8. The van der Waals surface area contributed by atoms with E-state index in [-0.39, 0.29) is 0 Å². The Morgan fingerprint density at radius 2 is 2.11 bits per heavy atom. The number of rotatable bonds is 5. The Morgan fingerprint density at radius 3 is 2.84 bits per heavy atom. The van der Waals surface area contributed by atoms with Gasteiger partial charge in [-0.1, -0.05) is 12.1 Å². The van der Waals surface area contributed by atoms with Gasteiger partial charge in [-0.05, 0) is 62.0 Å². The Bertz CT molecular complexity index is 567. The highest BCUT2D eigenvalue weighted by atomic mass is 79.9. The van der Waals surface area contributed by atoms with Crippen molar-refractivity contribution in [3.8, 4) is 0 Å². The van der Waals surface area contributed by atoms with E-state index in [1.165, 1.54) is 11.1 Å². The number of benzene rings is 1. The number of hydrogen-bond donors (Lipinski definition) is 1. The minimum Gasteiger partial charge on any atom is -0.384 e. The molecular formula is C15H20BrN3. The van der Waals surface area contributed by atoms with Crippen LogP contribution in [0.25, 0.3) is 10.9 Å². The molecule has 0 saturated carbocycles. The van der Waals surface area contributed by atoms with Crippen molar-refractivity contribution in [2.45, 2.75) is 13.3 Å². The number of nitrogens with one attached hydrogen (secondary N) is 1. The van der Waals surface area contributed by atoms with Crippen molar-refractivity contribution < 1.29 is 0 Å². The van der Waals surface area contributed by atoms with E-state index in [1.54, 1.807) is 0 Å². The lowest BCUT2D eigenvalue weighted by molar-refractivity contribution is 0.405. The van der Waals surface area contributed by atoms with Gasteiger partial charge >= 0.3 is 0 Å². The molecule has 0 aliphatic rings. The van der Waals surface area contributed by atoms with Gasteiger partial charge in [-0.3, -0.25) is 4.98 Å². The Balaban J connectivity index is 2.20. The molecule has 0 atom stereocenters. The fourth-order valence-corrected chi connectivity index (χ4v) is 2.56. The molecule has 1 N–H and O–H groups in total. The number of fused-ring (bicyclic) bond motifs is 1. The predicted molar refractivity (Wildman–Crippen MR) is 85.8 cm³/mol. The number of aryl methyl sites for hydroxylation is 1. The van der Waals surface area contributed by atoms with Crippen molar-refractivity contribution in [2.24, 2.45) is 0 Å². The Hall–Kier alpha value is -1.13. The first-order chi connectivity index (χ1) is 9.08. The summed E-state index contributed by atoms with van der Waals surface area (Å²) in [5.74, 6) is 0. The first-order valence-electron chi connectivity index (χ1n) is 6.52. The summed E-state index contributed by atoms with van der Waals surface area (Å²) in [5.41, 5.74) is 3.23. The summed E-state index contributed by atoms with van der Waals surface area (Å²) in [6, 6.07) is 8.31. The lowest BCUT2D eigenvalue weighted by Gasteiger charge is -2.13. The zero-order valence-corrected chi connectivity index (χ0v) is 13.3. The van der Waals surface area contributed by atoms with Crippen LogP contribution >= 0.6 is 15.9 Å². The predicted octanol–water partition coefficient (Wildman–Crippen LogP) is 3.67. The van der Waals surface area contributed by atoms with Crippen LogP contribution in [0.1, 0.15) is 12.1 Å². The molecule has 0 saturated heterocycles. The van der Waals surface area contributed by atoms with Crippen molar-refractivity contribution in [3.05, 3.63) is 34.4 Å². The first-order valence-corrected chi connectivity index (χ1v) is 7.31. The first kappa shape index (κ1) is 14.3. The molecule has 102 valence electrons. The summed E-state index contributed by atoms with van der Waals surface area (Å²) >= 11 is 3.57. The van der Waals surface area contributed by atoms with E-state index in [4.69, 9.17) is 0 Å². The number of hydrogen-bond acceptors (Lipinski definition) is 3. The monoisotopic (exact) mass is 321 g/mol. The van der Waals surface area contributed by atoms with Gasteiger partial charge in [0, 0.05) is 27.8 Å². The number of pyridine rings is 1. The molecular weight excluding hydrogens is 302 g/mol. The highest BCUT2D eigenvalue weighted by Crippen LogP contribution is 2.28. The summed E-state index contributed by atoms with van der Waals surface area (Å²) in [6.45, 7) is 4.10. The van der Waals surface area contributed by atoms with Gasteiger partial charge in [0.25, 0.3) is 0 Å². The van der Waals surface area contributed by atoms with Crippen LogP contribution in [0.4, 0.5) is 5.69 Å². The molecule has 0 bridgehead atoms. The van der Waals surface area contributed by atoms with Gasteiger partial charge in [-0.25, -0.2) is 0 Å². The van der Waals surface area contributed by atoms with Crippen molar-refractivity contribution in [3.63, 3.8) is 0 Å². The lowest BCUT2D eigenvalue weighted by Crippen LogP contribution is -2.16. The third-order valence-electron chi connectivity index (χ3n) is 3.02. The maximum Gasteiger partial charge on any atom is 0.0867 e. The second kappa shape index (κ2) is 6.35. The molecule has 1 heterocycles. The van der Waals surface area contributed by atoms with Crippen LogP contribution < -0.4 is 5.32 Å². The molecule has 0 spiro atoms. The maximum absolute atomic E-state index is 4.60. The molecule has 1 aromatic carbocycles. The number of nitrogens with zero attached hydrogens (tertiary/aromatic N) is 2. The average Bonchev–Trinajstić information content (AvgIpc) is 2.35. The summed E-state index contributed by atoms with van der Waals surface area (Å²) < 4.78 is 1.05. The molecule has 2 rings (SSSR count). The molecule has 1 aromatic heterocycles. The molecule has 3 nitrogen and oxygen atoms in total. The average molecular weight is 322 g/mol. The van der Waals surface area contributed by atoms with Crippen LogP contribution in [-0.2, 0) is 0 Å². The van der Waals surface area contributed by atoms with Crippen molar-refractivity contribution >= 4 is 32.5 Å². The van der Waals surface area contributed by atoms with E-state index in [0.717, 1.165) is 35.2 Å². The van der Waals surface area contributed by atoms with Crippen molar-refractivity contribution in [1.29, 1.82) is 0 Å². The topological polar surface area (TPSA) is 28.2 Å². The van der Waals surface area contributed by atoms with Crippen LogP contribution in [-0.4, -0.2) is 37.1 Å². The molecule has 0 fully saturated rings. The van der Waals surface area contributed by atoms with E-state index in [0.29, 0.717) is 0 Å². The third-order valence-corrected chi connectivity index (χ3v) is 3.66. The largest absolute Gasteiger partial charge is 0.384 e. The summed E-state index contributed by atoms with van der Waals surface area (Å²) in [4.78, 5) is 6.80. The summed E-state index contributed by atoms with van der Waals surface area (Å²) in [7, 11) is 4.20. The van der Waals surface area contributed by atoms with Crippen LogP contribution in [0.2, 0.25) is 0 Å². The van der Waals surface area contributed by atoms with Gasteiger partial charge in [0.2, 0.25) is 0 Å². The van der Waals surface area contributed by atoms with Gasteiger partial charge in [0.05, 0.1) is 5.52 Å². The third kappa shape index (κ3) is 3.67. The quantitative estimate of drug-likeness (QED) is 0.852. The van der Waals surface area contributed by atoms with Crippen molar-refractivity contribution in [1.82, 2.24) is 9.88 Å². The van der Waals surface area contributed by atoms with E-state index < -0.39 is 0 Å². The van der Waals surface area contributed by atoms with Crippen LogP contribution in [0.5, 0.6) is 0 Å². The lowest BCUT2D eigenvalue weighted by atomic mass is 10.1. The minimum atomic E-state index is 0.975. The van der Waals surface area contributed by atoms with E-state index >= 15 is 0 Å². The second-order valence-electron chi connectivity index (χ2n) is 5.03. The molecule has 0 unspecified atom stereocenters. The van der Waals surface area contributed by atoms with Crippen molar-refractivity contribution in [2.75, 3.05) is 32.5 Å². The maximum atomic E-state index is 4.60. The molecule has 0 amide bonds. The molecule has 2 aromatic rings. The molecule has 0 aliphatic heterocycles. The summed E-state index contributed by atoms with van der Waals surface area (Å²) in [5, 5.41) is 4.69. The zero-order valence-electron chi connectivity index (χ0n) is 11.7. The molecule has 0 radical (unpaired) electrons. The molecule has 19 heavy (non-hydrogen) atoms. The Labute approximate surface area is 123 Å². The Morgan fingerprint density at radius 1 is 1.32 bits per heavy atom. The number of aromatic nitrogens is 1. The fourth-order valence-electron chi connectivity index (χ4n) is 2.11. The standard InChI is InChI=1S/C15H20BrN3/c1-11-10-14(17-8-5-9-19(2)3)12-6-4-7-13(16)15(12)18-11/h4,6-7,10H,5,8-9H2,1-3H3,(H,17,18). The summed E-state index contributed by atoms with van der Waals surface area (Å²) in [6.07, 6.45) is 1.13. The number of halogens is 1. The Kier molecular flexibility index (Phi) is 4.77. The number of anilines is 1. The van der Waals surface area contributed by atoms with E-state index in [2.05, 4.69) is 63.4 Å². The molecule has 4 heteroatoms. The van der Waals surface area contributed by atoms with E-state index in [1.807, 2.05) is 13.0 Å². The van der Waals surface area contributed by atoms with Gasteiger partial charge in [0.15, 0.2) is 0 Å². The molecule has 0 aliphatic carbocycles.